The fourth-order valence-corrected chi connectivity index (χ4v) is 1.73. The van der Waals surface area contributed by atoms with Gasteiger partial charge in [0, 0.05) is 18.3 Å². The summed E-state index contributed by atoms with van der Waals surface area (Å²) >= 11 is 0. The van der Waals surface area contributed by atoms with E-state index >= 15 is 0 Å². The van der Waals surface area contributed by atoms with Crippen molar-refractivity contribution in [3.05, 3.63) is 18.2 Å². The summed E-state index contributed by atoms with van der Waals surface area (Å²) in [5, 5.41) is 6.01. The number of hydrogen-bond donors (Lipinski definition) is 2. The lowest BCUT2D eigenvalue weighted by Gasteiger charge is -2.20. The number of amides is 1. The number of anilines is 2. The molecule has 5 nitrogen and oxygen atoms in total. The number of rotatable bonds is 6. The first-order valence-corrected chi connectivity index (χ1v) is 7.27. The van der Waals surface area contributed by atoms with Gasteiger partial charge in [-0.05, 0) is 39.3 Å². The Bertz CT molecular complexity index is 467. The third-order valence-electron chi connectivity index (χ3n) is 2.70. The van der Waals surface area contributed by atoms with Crippen molar-refractivity contribution in [2.45, 2.75) is 46.1 Å². The van der Waals surface area contributed by atoms with Crippen molar-refractivity contribution in [3.8, 4) is 5.75 Å². The number of methoxy groups -OCH3 is 1. The zero-order chi connectivity index (χ0) is 15.9. The molecule has 0 heterocycles. The minimum Gasteiger partial charge on any atom is -0.494 e. The van der Waals surface area contributed by atoms with E-state index in [1.54, 1.807) is 13.2 Å². The molecule has 0 spiro atoms. The van der Waals surface area contributed by atoms with Crippen LogP contribution in [0, 0.1) is 0 Å². The Labute approximate surface area is 127 Å². The third-order valence-corrected chi connectivity index (χ3v) is 2.70. The number of unbranched alkanes of at least 4 members (excludes halogenated alkanes) is 1. The van der Waals surface area contributed by atoms with Crippen LogP contribution >= 0.6 is 0 Å². The van der Waals surface area contributed by atoms with Crippen LogP contribution in [0.15, 0.2) is 18.2 Å². The highest BCUT2D eigenvalue weighted by Gasteiger charge is 2.17. The highest BCUT2D eigenvalue weighted by molar-refractivity contribution is 5.87. The third kappa shape index (κ3) is 6.38. The second-order valence-electron chi connectivity index (χ2n) is 5.82. The second-order valence-corrected chi connectivity index (χ2v) is 5.82. The fraction of sp³-hybridized carbons (Fsp3) is 0.562. The van der Waals surface area contributed by atoms with E-state index in [0.717, 1.165) is 25.1 Å². The Kier molecular flexibility index (Phi) is 6.34. The van der Waals surface area contributed by atoms with Gasteiger partial charge in [-0.3, -0.25) is 5.32 Å². The van der Waals surface area contributed by atoms with E-state index in [4.69, 9.17) is 9.47 Å². The van der Waals surface area contributed by atoms with Gasteiger partial charge in [0.1, 0.15) is 11.4 Å². The highest BCUT2D eigenvalue weighted by Crippen LogP contribution is 2.28. The topological polar surface area (TPSA) is 59.6 Å². The van der Waals surface area contributed by atoms with Crippen molar-refractivity contribution < 1.29 is 14.3 Å². The summed E-state index contributed by atoms with van der Waals surface area (Å²) in [6.45, 7) is 8.54. The normalized spacial score (nSPS) is 10.9. The van der Waals surface area contributed by atoms with Crippen molar-refractivity contribution in [2.24, 2.45) is 0 Å². The van der Waals surface area contributed by atoms with Crippen molar-refractivity contribution in [1.29, 1.82) is 0 Å². The lowest BCUT2D eigenvalue weighted by Crippen LogP contribution is -2.27. The summed E-state index contributed by atoms with van der Waals surface area (Å²) in [6.07, 6.45) is 1.76. The molecule has 1 rings (SSSR count). The maximum atomic E-state index is 11.8. The van der Waals surface area contributed by atoms with E-state index in [1.165, 1.54) is 0 Å². The van der Waals surface area contributed by atoms with Gasteiger partial charge in [0.05, 0.1) is 12.8 Å². The molecule has 0 unspecified atom stereocenters. The van der Waals surface area contributed by atoms with Gasteiger partial charge in [-0.1, -0.05) is 13.3 Å². The molecule has 0 aliphatic heterocycles. The van der Waals surface area contributed by atoms with E-state index in [-0.39, 0.29) is 0 Å². The SMILES string of the molecule is CCCCNc1ccc(NC(=O)OC(C)(C)C)c(OC)c1. The van der Waals surface area contributed by atoms with Crippen LogP contribution in [0.4, 0.5) is 16.2 Å². The lowest BCUT2D eigenvalue weighted by molar-refractivity contribution is 0.0635. The maximum absolute atomic E-state index is 11.8. The average Bonchev–Trinajstić information content (AvgIpc) is 2.38. The molecular weight excluding hydrogens is 268 g/mol. The molecule has 0 atom stereocenters. The van der Waals surface area contributed by atoms with Gasteiger partial charge in [0.15, 0.2) is 0 Å². The Hall–Kier alpha value is -1.91. The smallest absolute Gasteiger partial charge is 0.412 e. The molecular formula is C16H26N2O3. The minimum absolute atomic E-state index is 0.493. The van der Waals surface area contributed by atoms with Gasteiger partial charge >= 0.3 is 6.09 Å². The van der Waals surface area contributed by atoms with E-state index in [1.807, 2.05) is 32.9 Å². The minimum atomic E-state index is -0.529. The molecule has 0 aliphatic carbocycles. The number of benzene rings is 1. The predicted octanol–water partition coefficient (Wildman–Crippen LogP) is 4.25. The zero-order valence-corrected chi connectivity index (χ0v) is 13.6. The van der Waals surface area contributed by atoms with Crippen molar-refractivity contribution in [2.75, 3.05) is 24.3 Å². The second kappa shape index (κ2) is 7.76. The fourth-order valence-electron chi connectivity index (χ4n) is 1.73. The number of carbonyl (C=O) groups excluding carboxylic acids is 1. The first-order chi connectivity index (χ1) is 9.85. The van der Waals surface area contributed by atoms with Gasteiger partial charge in [-0.2, -0.15) is 0 Å². The molecule has 21 heavy (non-hydrogen) atoms. The standard InChI is InChI=1S/C16H26N2O3/c1-6-7-10-17-12-8-9-13(14(11-12)20-5)18-15(19)21-16(2,3)4/h8-9,11,17H,6-7,10H2,1-5H3,(H,18,19). The summed E-state index contributed by atoms with van der Waals surface area (Å²) in [6, 6.07) is 5.57. The van der Waals surface area contributed by atoms with Crippen LogP contribution in [0.5, 0.6) is 5.75 Å². The quantitative estimate of drug-likeness (QED) is 0.770. The van der Waals surface area contributed by atoms with E-state index in [0.29, 0.717) is 11.4 Å². The van der Waals surface area contributed by atoms with Crippen LogP contribution < -0.4 is 15.4 Å². The molecule has 2 N–H and O–H groups in total. The molecule has 118 valence electrons. The molecule has 1 aromatic rings. The number of nitrogens with one attached hydrogen (secondary N) is 2. The van der Waals surface area contributed by atoms with Crippen LogP contribution in [0.25, 0.3) is 0 Å². The van der Waals surface area contributed by atoms with Gasteiger partial charge in [-0.15, -0.1) is 0 Å². The molecule has 0 saturated heterocycles. The molecule has 0 bridgehead atoms. The Balaban J connectivity index is 2.72. The van der Waals surface area contributed by atoms with Crippen LogP contribution in [-0.4, -0.2) is 25.3 Å². The van der Waals surface area contributed by atoms with Gasteiger partial charge < -0.3 is 14.8 Å². The summed E-state index contributed by atoms with van der Waals surface area (Å²) in [7, 11) is 1.57. The number of hydrogen-bond acceptors (Lipinski definition) is 4. The van der Waals surface area contributed by atoms with Crippen LogP contribution in [0.1, 0.15) is 40.5 Å². The number of carbonyl (C=O) groups is 1. The first-order valence-electron chi connectivity index (χ1n) is 7.27. The molecule has 0 saturated carbocycles. The summed E-state index contributed by atoms with van der Waals surface area (Å²) < 4.78 is 10.5. The number of ether oxygens (including phenoxy) is 2. The Morgan fingerprint density at radius 3 is 2.57 bits per heavy atom. The van der Waals surface area contributed by atoms with Crippen LogP contribution in [-0.2, 0) is 4.74 Å². The lowest BCUT2D eigenvalue weighted by atomic mass is 10.2. The predicted molar refractivity (Wildman–Crippen MR) is 86.2 cm³/mol. The van der Waals surface area contributed by atoms with Crippen molar-refractivity contribution in [1.82, 2.24) is 0 Å². The Morgan fingerprint density at radius 2 is 2.00 bits per heavy atom. The summed E-state index contributed by atoms with van der Waals surface area (Å²) in [5.74, 6) is 0.599. The first kappa shape index (κ1) is 17.1. The zero-order valence-electron chi connectivity index (χ0n) is 13.6. The van der Waals surface area contributed by atoms with E-state index in [9.17, 15) is 4.79 Å². The molecule has 0 aromatic heterocycles. The molecule has 0 fully saturated rings. The van der Waals surface area contributed by atoms with Crippen LogP contribution in [0.2, 0.25) is 0 Å². The maximum Gasteiger partial charge on any atom is 0.412 e. The van der Waals surface area contributed by atoms with Gasteiger partial charge in [0.2, 0.25) is 0 Å². The molecule has 0 aliphatic rings. The largest absolute Gasteiger partial charge is 0.494 e. The highest BCUT2D eigenvalue weighted by atomic mass is 16.6. The summed E-state index contributed by atoms with van der Waals surface area (Å²) in [4.78, 5) is 11.8. The van der Waals surface area contributed by atoms with Gasteiger partial charge in [-0.25, -0.2) is 4.79 Å². The monoisotopic (exact) mass is 294 g/mol. The Morgan fingerprint density at radius 1 is 1.29 bits per heavy atom. The van der Waals surface area contributed by atoms with Gasteiger partial charge in [0.25, 0.3) is 0 Å². The summed E-state index contributed by atoms with van der Waals surface area (Å²) in [5.41, 5.74) is 1.03. The molecule has 0 radical (unpaired) electrons. The molecule has 5 heteroatoms. The average molecular weight is 294 g/mol. The molecule has 1 aromatic carbocycles. The van der Waals surface area contributed by atoms with E-state index in [2.05, 4.69) is 17.6 Å². The van der Waals surface area contributed by atoms with Crippen molar-refractivity contribution in [3.63, 3.8) is 0 Å². The van der Waals surface area contributed by atoms with E-state index < -0.39 is 11.7 Å². The van der Waals surface area contributed by atoms with Crippen LogP contribution in [0.3, 0.4) is 0 Å². The van der Waals surface area contributed by atoms with Crippen molar-refractivity contribution >= 4 is 17.5 Å². The molecule has 1 amide bonds.